The quantitative estimate of drug-likeness (QED) is 0.557. The van der Waals surface area contributed by atoms with E-state index in [1.54, 1.807) is 6.08 Å². The first-order valence-corrected chi connectivity index (χ1v) is 6.36. The van der Waals surface area contributed by atoms with E-state index >= 15 is 0 Å². The molecule has 2 nitrogen and oxygen atoms in total. The van der Waals surface area contributed by atoms with Crippen molar-refractivity contribution in [3.8, 4) is 0 Å². The summed E-state index contributed by atoms with van der Waals surface area (Å²) in [5, 5.41) is 0.731. The summed E-state index contributed by atoms with van der Waals surface area (Å²) in [6, 6.07) is 0. The van der Waals surface area contributed by atoms with Gasteiger partial charge in [-0.05, 0) is 18.9 Å². The normalized spacial score (nSPS) is 24.5. The Labute approximate surface area is 98.5 Å². The minimum absolute atomic E-state index is 0.110. The molecule has 1 unspecified atom stereocenters. The highest BCUT2D eigenvalue weighted by Gasteiger charge is 2.30. The third kappa shape index (κ3) is 2.23. The second-order valence-electron chi connectivity index (χ2n) is 3.79. The first-order chi connectivity index (χ1) is 7.33. The number of carbonyl (C=O) groups excluding carboxylic acids is 1. The molecule has 0 bridgehead atoms. The Hall–Kier alpha value is -0.830. The van der Waals surface area contributed by atoms with E-state index in [0.29, 0.717) is 5.92 Å². The van der Waals surface area contributed by atoms with Gasteiger partial charge in [0, 0.05) is 29.6 Å². The van der Waals surface area contributed by atoms with Crippen LogP contribution < -0.4 is 0 Å². The number of alkyl halides is 1. The summed E-state index contributed by atoms with van der Waals surface area (Å²) in [6.07, 6.45) is 12.0. The molecule has 15 heavy (non-hydrogen) atoms. The molecule has 1 aliphatic carbocycles. The van der Waals surface area contributed by atoms with Crippen molar-refractivity contribution in [2.75, 3.05) is 11.9 Å². The molecule has 1 amide bonds. The summed E-state index contributed by atoms with van der Waals surface area (Å²) in [6.45, 7) is 0.865. The van der Waals surface area contributed by atoms with E-state index in [1.807, 2.05) is 17.1 Å². The maximum atomic E-state index is 11.8. The largest absolute Gasteiger partial charge is 0.312 e. The van der Waals surface area contributed by atoms with Gasteiger partial charge < -0.3 is 4.90 Å². The van der Waals surface area contributed by atoms with E-state index < -0.39 is 0 Å². The molecule has 0 aromatic rings. The highest BCUT2D eigenvalue weighted by molar-refractivity contribution is 9.09. The van der Waals surface area contributed by atoms with Crippen LogP contribution in [0.3, 0.4) is 0 Å². The van der Waals surface area contributed by atoms with Crippen LogP contribution in [0.4, 0.5) is 0 Å². The van der Waals surface area contributed by atoms with Crippen LogP contribution in [0.25, 0.3) is 0 Å². The number of fused-ring (bicyclic) bond motifs is 1. The predicted molar refractivity (Wildman–Crippen MR) is 64.6 cm³/mol. The number of carbonyl (C=O) groups is 1. The molecule has 1 fully saturated rings. The van der Waals surface area contributed by atoms with Gasteiger partial charge in [0.25, 0.3) is 0 Å². The Morgan fingerprint density at radius 1 is 1.67 bits per heavy atom. The number of allylic oxidation sites excluding steroid dienone is 5. The average molecular weight is 268 g/mol. The Kier molecular flexibility index (Phi) is 3.41. The average Bonchev–Trinajstić information content (AvgIpc) is 2.69. The van der Waals surface area contributed by atoms with Gasteiger partial charge in [-0.3, -0.25) is 4.79 Å². The highest BCUT2D eigenvalue weighted by Crippen LogP contribution is 2.33. The van der Waals surface area contributed by atoms with Crippen molar-refractivity contribution in [1.29, 1.82) is 0 Å². The van der Waals surface area contributed by atoms with E-state index in [1.165, 1.54) is 5.70 Å². The van der Waals surface area contributed by atoms with Crippen LogP contribution in [0, 0.1) is 5.92 Å². The van der Waals surface area contributed by atoms with Gasteiger partial charge in [0.1, 0.15) is 0 Å². The van der Waals surface area contributed by atoms with Crippen LogP contribution in [0.5, 0.6) is 0 Å². The summed E-state index contributed by atoms with van der Waals surface area (Å²) >= 11 is 3.27. The molecule has 3 heteroatoms. The fourth-order valence-corrected chi connectivity index (χ4v) is 2.32. The summed E-state index contributed by atoms with van der Waals surface area (Å²) < 4.78 is 0. The van der Waals surface area contributed by atoms with E-state index in [0.717, 1.165) is 24.7 Å². The zero-order chi connectivity index (χ0) is 10.7. The molecular formula is C12H14BrNO. The minimum Gasteiger partial charge on any atom is -0.312 e. The lowest BCUT2D eigenvalue weighted by Crippen LogP contribution is -2.25. The molecular weight excluding hydrogens is 254 g/mol. The summed E-state index contributed by atoms with van der Waals surface area (Å²) in [7, 11) is 0. The Balaban J connectivity index is 2.10. The van der Waals surface area contributed by atoms with Gasteiger partial charge >= 0.3 is 0 Å². The minimum atomic E-state index is 0.110. The highest BCUT2D eigenvalue weighted by atomic mass is 79.9. The zero-order valence-electron chi connectivity index (χ0n) is 8.53. The van der Waals surface area contributed by atoms with Crippen LogP contribution in [-0.2, 0) is 4.79 Å². The molecule has 2 rings (SSSR count). The standard InChI is InChI=1S/C12H14BrNO/c13-8-3-6-12(15)14-9-7-10-4-1-2-5-11(10)14/h1-3,5-6,10H,4,7-9H2. The van der Waals surface area contributed by atoms with Crippen molar-refractivity contribution in [3.05, 3.63) is 36.1 Å². The third-order valence-corrected chi connectivity index (χ3v) is 3.24. The smallest absolute Gasteiger partial charge is 0.250 e. The first-order valence-electron chi connectivity index (χ1n) is 5.23. The van der Waals surface area contributed by atoms with Crippen LogP contribution in [0.1, 0.15) is 12.8 Å². The molecule has 80 valence electrons. The molecule has 0 aromatic heterocycles. The van der Waals surface area contributed by atoms with E-state index in [9.17, 15) is 4.79 Å². The molecule has 0 N–H and O–H groups in total. The second kappa shape index (κ2) is 4.79. The molecule has 1 saturated heterocycles. The zero-order valence-corrected chi connectivity index (χ0v) is 10.1. The summed E-state index contributed by atoms with van der Waals surface area (Å²) in [5.74, 6) is 0.676. The van der Waals surface area contributed by atoms with Crippen molar-refractivity contribution in [2.24, 2.45) is 5.92 Å². The number of amides is 1. The van der Waals surface area contributed by atoms with Gasteiger partial charge in [-0.2, -0.15) is 0 Å². The Morgan fingerprint density at radius 3 is 3.33 bits per heavy atom. The van der Waals surface area contributed by atoms with Gasteiger partial charge in [0.2, 0.25) is 5.91 Å². The lowest BCUT2D eigenvalue weighted by Gasteiger charge is -2.20. The first kappa shape index (κ1) is 10.7. The molecule has 1 aliphatic heterocycles. The Morgan fingerprint density at radius 2 is 2.53 bits per heavy atom. The van der Waals surface area contributed by atoms with Crippen molar-refractivity contribution in [1.82, 2.24) is 4.90 Å². The summed E-state index contributed by atoms with van der Waals surface area (Å²) in [4.78, 5) is 13.7. The molecule has 2 aliphatic rings. The van der Waals surface area contributed by atoms with Crippen molar-refractivity contribution in [2.45, 2.75) is 12.8 Å². The van der Waals surface area contributed by atoms with Gasteiger partial charge in [0.15, 0.2) is 0 Å². The van der Waals surface area contributed by atoms with Gasteiger partial charge in [-0.25, -0.2) is 0 Å². The maximum Gasteiger partial charge on any atom is 0.250 e. The number of likely N-dealkylation sites (tertiary alicyclic amines) is 1. The molecule has 0 spiro atoms. The van der Waals surface area contributed by atoms with Gasteiger partial charge in [-0.1, -0.05) is 34.2 Å². The molecule has 0 aromatic carbocycles. The van der Waals surface area contributed by atoms with Crippen LogP contribution in [-0.4, -0.2) is 22.7 Å². The van der Waals surface area contributed by atoms with Crippen LogP contribution >= 0.6 is 15.9 Å². The predicted octanol–water partition coefficient (Wildman–Crippen LogP) is 2.63. The number of halogens is 1. The molecule has 1 heterocycles. The Bertz CT molecular complexity index is 344. The maximum absolute atomic E-state index is 11.8. The topological polar surface area (TPSA) is 20.3 Å². The van der Waals surface area contributed by atoms with Gasteiger partial charge in [-0.15, -0.1) is 0 Å². The van der Waals surface area contributed by atoms with Crippen molar-refractivity contribution < 1.29 is 4.79 Å². The van der Waals surface area contributed by atoms with E-state index in [4.69, 9.17) is 0 Å². The van der Waals surface area contributed by atoms with Crippen LogP contribution in [0.15, 0.2) is 36.1 Å². The van der Waals surface area contributed by atoms with Crippen molar-refractivity contribution >= 4 is 21.8 Å². The fraction of sp³-hybridized carbons (Fsp3) is 0.417. The van der Waals surface area contributed by atoms with Gasteiger partial charge in [0.05, 0.1) is 0 Å². The van der Waals surface area contributed by atoms with Crippen LogP contribution in [0.2, 0.25) is 0 Å². The summed E-state index contributed by atoms with van der Waals surface area (Å²) in [5.41, 5.74) is 1.20. The lowest BCUT2D eigenvalue weighted by molar-refractivity contribution is -0.123. The van der Waals surface area contributed by atoms with E-state index in [-0.39, 0.29) is 5.91 Å². The number of nitrogens with zero attached hydrogens (tertiary/aromatic N) is 1. The van der Waals surface area contributed by atoms with Crippen molar-refractivity contribution in [3.63, 3.8) is 0 Å². The molecule has 0 radical (unpaired) electrons. The number of hydrogen-bond acceptors (Lipinski definition) is 1. The molecule has 1 atom stereocenters. The third-order valence-electron chi connectivity index (χ3n) is 2.87. The van der Waals surface area contributed by atoms with E-state index in [2.05, 4.69) is 28.1 Å². The molecule has 0 saturated carbocycles. The lowest BCUT2D eigenvalue weighted by atomic mass is 9.97. The second-order valence-corrected chi connectivity index (χ2v) is 4.44. The SMILES string of the molecule is O=C(C=CCBr)N1CCC2CC=CC=C21. The number of rotatable bonds is 2. The fourth-order valence-electron chi connectivity index (χ4n) is 2.13. The number of hydrogen-bond donors (Lipinski definition) is 0. The monoisotopic (exact) mass is 267 g/mol.